The number of nitrogens with one attached hydrogen (secondary N) is 1. The first-order valence-electron chi connectivity index (χ1n) is 6.19. The van der Waals surface area contributed by atoms with E-state index in [1.54, 1.807) is 7.05 Å². The molecule has 0 saturated carbocycles. The van der Waals surface area contributed by atoms with E-state index in [1.165, 1.54) is 22.9 Å². The molecular formula is C12H16N4O3S. The number of carbonyl (C=O) groups excluding carboxylic acids is 2. The van der Waals surface area contributed by atoms with Gasteiger partial charge in [0.1, 0.15) is 12.2 Å². The molecule has 2 amide bonds. The van der Waals surface area contributed by atoms with Crippen LogP contribution in [0.3, 0.4) is 0 Å². The first kappa shape index (κ1) is 14.6. The second-order valence-electron chi connectivity index (χ2n) is 4.78. The van der Waals surface area contributed by atoms with E-state index < -0.39 is 5.56 Å². The topological polar surface area (TPSA) is 84.3 Å². The third-order valence-electron chi connectivity index (χ3n) is 2.79. The fourth-order valence-corrected chi connectivity index (χ4v) is 2.81. The summed E-state index contributed by atoms with van der Waals surface area (Å²) < 4.78 is 1.08. The number of rotatable bonds is 3. The van der Waals surface area contributed by atoms with Gasteiger partial charge in [0.25, 0.3) is 5.56 Å². The quantitative estimate of drug-likeness (QED) is 0.837. The number of hydrogen-bond donors (Lipinski definition) is 1. The molecule has 0 bridgehead atoms. The van der Waals surface area contributed by atoms with Crippen molar-refractivity contribution in [3.8, 4) is 0 Å². The Hall–Kier alpha value is -1.83. The Labute approximate surface area is 120 Å². The molecule has 1 aromatic rings. The first-order chi connectivity index (χ1) is 9.40. The number of fused-ring (bicyclic) bond motifs is 1. The minimum absolute atomic E-state index is 0.00404. The van der Waals surface area contributed by atoms with Gasteiger partial charge in [-0.3, -0.25) is 14.4 Å². The molecule has 0 unspecified atom stereocenters. The zero-order valence-electron chi connectivity index (χ0n) is 11.5. The Morgan fingerprint density at radius 3 is 2.85 bits per heavy atom. The van der Waals surface area contributed by atoms with Gasteiger partial charge < -0.3 is 10.2 Å². The van der Waals surface area contributed by atoms with Gasteiger partial charge in [-0.2, -0.15) is 5.10 Å². The van der Waals surface area contributed by atoms with E-state index in [9.17, 15) is 14.4 Å². The lowest BCUT2D eigenvalue weighted by Gasteiger charge is -2.24. The maximum Gasteiger partial charge on any atom is 0.292 e. The van der Waals surface area contributed by atoms with Crippen LogP contribution in [0.2, 0.25) is 0 Å². The molecule has 0 radical (unpaired) electrons. The van der Waals surface area contributed by atoms with Crippen molar-refractivity contribution in [1.82, 2.24) is 15.1 Å². The smallest absolute Gasteiger partial charge is 0.292 e. The minimum atomic E-state index is -0.426. The average molecular weight is 296 g/mol. The summed E-state index contributed by atoms with van der Waals surface area (Å²) >= 11 is 1.29. The van der Waals surface area contributed by atoms with Crippen molar-refractivity contribution in [2.45, 2.75) is 31.3 Å². The Kier molecular flexibility index (Phi) is 4.12. The van der Waals surface area contributed by atoms with Crippen molar-refractivity contribution >= 4 is 29.3 Å². The fraction of sp³-hybridized carbons (Fsp3) is 0.500. The third-order valence-corrected chi connectivity index (χ3v) is 3.79. The van der Waals surface area contributed by atoms with E-state index in [4.69, 9.17) is 0 Å². The molecule has 1 aromatic heterocycles. The molecule has 1 aliphatic rings. The lowest BCUT2D eigenvalue weighted by molar-refractivity contribution is -0.122. The van der Waals surface area contributed by atoms with Crippen LogP contribution in [-0.2, 0) is 16.1 Å². The highest BCUT2D eigenvalue weighted by Crippen LogP contribution is 2.30. The molecule has 7 nitrogen and oxygen atoms in total. The maximum atomic E-state index is 12.3. The summed E-state index contributed by atoms with van der Waals surface area (Å²) in [6.07, 6.45) is 1.52. The molecule has 0 aromatic carbocycles. The highest BCUT2D eigenvalue weighted by Gasteiger charge is 2.26. The van der Waals surface area contributed by atoms with Crippen LogP contribution in [0.1, 0.15) is 13.8 Å². The fourth-order valence-electron chi connectivity index (χ4n) is 1.86. The van der Waals surface area contributed by atoms with E-state index in [0.29, 0.717) is 16.3 Å². The number of amides is 2. The van der Waals surface area contributed by atoms with Crippen molar-refractivity contribution in [3.05, 3.63) is 16.6 Å². The second-order valence-corrected chi connectivity index (χ2v) is 5.80. The van der Waals surface area contributed by atoms with E-state index in [2.05, 4.69) is 10.4 Å². The summed E-state index contributed by atoms with van der Waals surface area (Å²) in [6.45, 7) is 3.52. The molecular weight excluding hydrogens is 280 g/mol. The Bertz CT molecular complexity index is 611. The van der Waals surface area contributed by atoms with Crippen LogP contribution in [0.4, 0.5) is 5.69 Å². The predicted octanol–water partition coefficient (Wildman–Crippen LogP) is -0.164. The Balaban J connectivity index is 2.32. The van der Waals surface area contributed by atoms with Gasteiger partial charge in [-0.15, -0.1) is 11.8 Å². The van der Waals surface area contributed by atoms with Crippen molar-refractivity contribution in [1.29, 1.82) is 0 Å². The van der Waals surface area contributed by atoms with Gasteiger partial charge in [-0.25, -0.2) is 4.68 Å². The van der Waals surface area contributed by atoms with Gasteiger partial charge >= 0.3 is 0 Å². The molecule has 108 valence electrons. The van der Waals surface area contributed by atoms with Crippen LogP contribution in [0.15, 0.2) is 15.9 Å². The largest absolute Gasteiger partial charge is 0.352 e. The summed E-state index contributed by atoms with van der Waals surface area (Å²) in [5.41, 5.74) is -0.136. The lowest BCUT2D eigenvalue weighted by Crippen LogP contribution is -2.41. The van der Waals surface area contributed by atoms with E-state index in [0.717, 1.165) is 4.68 Å². The summed E-state index contributed by atoms with van der Waals surface area (Å²) in [4.78, 5) is 37.6. The zero-order chi connectivity index (χ0) is 14.9. The standard InChI is InChI=1S/C12H16N4O3S/c1-7(2)14-9(17)5-16-12(19)11-8(4-13-16)20-6-10(18)15(11)3/h4,7H,5-6H2,1-3H3,(H,14,17). The second kappa shape index (κ2) is 5.66. The van der Waals surface area contributed by atoms with Gasteiger partial charge in [0, 0.05) is 13.1 Å². The lowest BCUT2D eigenvalue weighted by atomic mass is 10.3. The normalized spacial score (nSPS) is 14.4. The van der Waals surface area contributed by atoms with Crippen molar-refractivity contribution in [2.24, 2.45) is 0 Å². The van der Waals surface area contributed by atoms with Crippen LogP contribution in [0.25, 0.3) is 0 Å². The van der Waals surface area contributed by atoms with Crippen LogP contribution in [0.5, 0.6) is 0 Å². The Morgan fingerprint density at radius 2 is 2.20 bits per heavy atom. The van der Waals surface area contributed by atoms with Crippen LogP contribution < -0.4 is 15.8 Å². The minimum Gasteiger partial charge on any atom is -0.352 e. The van der Waals surface area contributed by atoms with Crippen molar-refractivity contribution in [2.75, 3.05) is 17.7 Å². The maximum absolute atomic E-state index is 12.3. The molecule has 2 heterocycles. The van der Waals surface area contributed by atoms with Crippen molar-refractivity contribution < 1.29 is 9.59 Å². The molecule has 0 saturated heterocycles. The molecule has 0 spiro atoms. The highest BCUT2D eigenvalue weighted by atomic mass is 32.2. The van der Waals surface area contributed by atoms with E-state index in [1.807, 2.05) is 13.8 Å². The molecule has 0 aliphatic carbocycles. The number of hydrogen-bond acceptors (Lipinski definition) is 5. The molecule has 1 N–H and O–H groups in total. The molecule has 2 rings (SSSR count). The van der Waals surface area contributed by atoms with Gasteiger partial charge in [-0.05, 0) is 13.8 Å². The Morgan fingerprint density at radius 1 is 1.50 bits per heavy atom. The third kappa shape index (κ3) is 2.84. The molecule has 20 heavy (non-hydrogen) atoms. The number of anilines is 1. The van der Waals surface area contributed by atoms with Crippen molar-refractivity contribution in [3.63, 3.8) is 0 Å². The van der Waals surface area contributed by atoms with Crippen LogP contribution in [0, 0.1) is 0 Å². The van der Waals surface area contributed by atoms with E-state index >= 15 is 0 Å². The first-order valence-corrected chi connectivity index (χ1v) is 7.17. The highest BCUT2D eigenvalue weighted by molar-refractivity contribution is 8.00. The molecule has 1 aliphatic heterocycles. The molecule has 0 atom stereocenters. The number of nitrogens with zero attached hydrogens (tertiary/aromatic N) is 3. The van der Waals surface area contributed by atoms with E-state index in [-0.39, 0.29) is 24.4 Å². The van der Waals surface area contributed by atoms with Gasteiger partial charge in [-0.1, -0.05) is 0 Å². The predicted molar refractivity (Wildman–Crippen MR) is 75.9 cm³/mol. The molecule has 8 heteroatoms. The SMILES string of the molecule is CC(C)NC(=O)Cn1ncc2c(c1=O)N(C)C(=O)CS2. The van der Waals surface area contributed by atoms with Crippen LogP contribution in [-0.4, -0.2) is 40.4 Å². The summed E-state index contributed by atoms with van der Waals surface area (Å²) in [5.74, 6) is -0.126. The number of thioether (sulfide) groups is 1. The zero-order valence-corrected chi connectivity index (χ0v) is 12.4. The van der Waals surface area contributed by atoms with Gasteiger partial charge in [0.2, 0.25) is 11.8 Å². The monoisotopic (exact) mass is 296 g/mol. The summed E-state index contributed by atoms with van der Waals surface area (Å²) in [5, 5.41) is 6.68. The average Bonchev–Trinajstić information content (AvgIpc) is 2.36. The number of aromatic nitrogens is 2. The van der Waals surface area contributed by atoms with Crippen LogP contribution >= 0.6 is 11.8 Å². The number of carbonyl (C=O) groups is 2. The van der Waals surface area contributed by atoms with Gasteiger partial charge in [0.15, 0.2) is 0 Å². The summed E-state index contributed by atoms with van der Waals surface area (Å²) in [6, 6.07) is -0.00404. The van der Waals surface area contributed by atoms with Gasteiger partial charge in [0.05, 0.1) is 16.8 Å². The summed E-state index contributed by atoms with van der Waals surface area (Å²) in [7, 11) is 1.56. The molecule has 0 fully saturated rings.